The van der Waals surface area contributed by atoms with Crippen LogP contribution in [-0.4, -0.2) is 68.1 Å². The predicted octanol–water partition coefficient (Wildman–Crippen LogP) is 7.42. The molecule has 1 amide bonds. The van der Waals surface area contributed by atoms with Gasteiger partial charge in [-0.05, 0) is 68.2 Å². The molecule has 3 heterocycles. The van der Waals surface area contributed by atoms with Crippen molar-refractivity contribution >= 4 is 18.0 Å². The Kier molecular flexibility index (Phi) is 11.0. The van der Waals surface area contributed by atoms with Crippen LogP contribution in [0.3, 0.4) is 0 Å². The number of aryl methyl sites for hydroxylation is 1. The first-order chi connectivity index (χ1) is 23.6. The molecule has 0 radical (unpaired) electrons. The molecule has 3 aromatic rings. The summed E-state index contributed by atoms with van der Waals surface area (Å²) in [6.07, 6.45) is -1.32. The Morgan fingerprint density at radius 3 is 1.94 bits per heavy atom. The molecule has 16 heteroatoms. The van der Waals surface area contributed by atoms with Crippen LogP contribution in [0.15, 0.2) is 43.0 Å². The number of carbonyl (C=O) groups excluding carboxylic acids is 2. The van der Waals surface area contributed by atoms with Crippen molar-refractivity contribution in [1.29, 1.82) is 0 Å². The average Bonchev–Trinajstić information content (AvgIpc) is 3.50. The second kappa shape index (κ2) is 14.9. The molecule has 1 unspecified atom stereocenters. The van der Waals surface area contributed by atoms with Crippen LogP contribution in [0, 0.1) is 5.92 Å². The lowest BCUT2D eigenvalue weighted by atomic mass is 9.80. The number of piperidine rings is 1. The van der Waals surface area contributed by atoms with Crippen molar-refractivity contribution in [3.05, 3.63) is 59.7 Å². The van der Waals surface area contributed by atoms with Crippen LogP contribution in [-0.2, 0) is 40.2 Å². The molecule has 10 nitrogen and oxygen atoms in total. The number of likely N-dealkylation sites (tertiary alicyclic amines) is 1. The summed E-state index contributed by atoms with van der Waals surface area (Å²) in [5.41, 5.74) is -1.67. The molecule has 5 rings (SSSR count). The summed E-state index contributed by atoms with van der Waals surface area (Å²) >= 11 is 0. The third-order valence-electron chi connectivity index (χ3n) is 9.55. The molecular formula is C34H40F6N6O4. The molecule has 3 atom stereocenters. The van der Waals surface area contributed by atoms with Crippen molar-refractivity contribution < 1.29 is 45.4 Å². The fourth-order valence-corrected chi connectivity index (χ4v) is 6.85. The number of carbonyl (C=O) groups is 2. The van der Waals surface area contributed by atoms with E-state index in [0.29, 0.717) is 44.1 Å². The predicted molar refractivity (Wildman–Crippen MR) is 170 cm³/mol. The highest BCUT2D eigenvalue weighted by molar-refractivity contribution is 5.70. The van der Waals surface area contributed by atoms with Gasteiger partial charge in [0.15, 0.2) is 0 Å². The van der Waals surface area contributed by atoms with E-state index in [1.54, 1.807) is 33.9 Å². The second-order valence-electron chi connectivity index (χ2n) is 13.0. The molecule has 1 aliphatic heterocycles. The van der Waals surface area contributed by atoms with E-state index in [9.17, 15) is 35.9 Å². The highest BCUT2D eigenvalue weighted by Crippen LogP contribution is 2.39. The Hall–Kier alpha value is -4.37. The number of benzene rings is 1. The average molecular weight is 711 g/mol. The fraction of sp³-hybridized carbons (Fsp3) is 0.559. The lowest BCUT2D eigenvalue weighted by Gasteiger charge is -2.48. The molecule has 272 valence electrons. The van der Waals surface area contributed by atoms with Gasteiger partial charge in [-0.15, -0.1) is 0 Å². The van der Waals surface area contributed by atoms with E-state index in [1.807, 2.05) is 13.8 Å². The Labute approximate surface area is 285 Å². The van der Waals surface area contributed by atoms with Gasteiger partial charge in [0.1, 0.15) is 6.10 Å². The van der Waals surface area contributed by atoms with E-state index in [4.69, 9.17) is 9.47 Å². The molecule has 2 aromatic heterocycles. The van der Waals surface area contributed by atoms with Gasteiger partial charge in [0, 0.05) is 67.9 Å². The Bertz CT molecular complexity index is 1590. The Balaban J connectivity index is 1.44. The fourth-order valence-electron chi connectivity index (χ4n) is 6.85. The second-order valence-corrected chi connectivity index (χ2v) is 13.0. The highest BCUT2D eigenvalue weighted by atomic mass is 19.4. The Morgan fingerprint density at radius 2 is 1.46 bits per heavy atom. The van der Waals surface area contributed by atoms with Crippen LogP contribution >= 0.6 is 0 Å². The van der Waals surface area contributed by atoms with Gasteiger partial charge < -0.3 is 19.3 Å². The van der Waals surface area contributed by atoms with Gasteiger partial charge >= 0.3 is 24.4 Å². The maximum Gasteiger partial charge on any atom is 0.416 e. The first-order valence-corrected chi connectivity index (χ1v) is 16.5. The van der Waals surface area contributed by atoms with Crippen LogP contribution in [0.25, 0.3) is 11.1 Å². The van der Waals surface area contributed by atoms with E-state index in [1.165, 1.54) is 19.5 Å². The number of esters is 1. The van der Waals surface area contributed by atoms with Gasteiger partial charge in [-0.1, -0.05) is 13.8 Å². The zero-order valence-corrected chi connectivity index (χ0v) is 28.2. The summed E-state index contributed by atoms with van der Waals surface area (Å²) in [7, 11) is 3.07. The minimum absolute atomic E-state index is 0.0711. The number of halogens is 6. The quantitative estimate of drug-likeness (QED) is 0.158. The summed E-state index contributed by atoms with van der Waals surface area (Å²) in [5, 5.41) is 4.14. The molecule has 2 fully saturated rings. The Morgan fingerprint density at radius 1 is 0.880 bits per heavy atom. The van der Waals surface area contributed by atoms with Crippen molar-refractivity contribution in [2.45, 2.75) is 102 Å². The molecule has 0 N–H and O–H groups in total. The number of ether oxygens (including phenoxy) is 2. The standard InChI is InChI=1S/C34H40F6N6O4/c1-5-26-13-28(14-27(6-2)46(26)32(48)50-29-9-20(10-29)11-30(47)49-4)45(31-41-15-22(16-42-31)23-17-43-44(3)19-23)18-21-7-24(33(35,36)37)12-25(8-21)34(38,39)40/h7-8,12,15-17,19-20,26-29H,5-6,9-11,13-14,18H2,1-4H3/t20?,26-,27+,28?,29?. The van der Waals surface area contributed by atoms with Gasteiger partial charge in [-0.2, -0.15) is 31.4 Å². The van der Waals surface area contributed by atoms with E-state index >= 15 is 0 Å². The number of alkyl halides is 6. The molecular weight excluding hydrogens is 670 g/mol. The smallest absolute Gasteiger partial charge is 0.416 e. The summed E-state index contributed by atoms with van der Waals surface area (Å²) in [6.45, 7) is 3.47. The van der Waals surface area contributed by atoms with Gasteiger partial charge in [0.2, 0.25) is 5.95 Å². The number of aromatic nitrogens is 4. The molecule has 1 saturated heterocycles. The van der Waals surface area contributed by atoms with Crippen LogP contribution in [0.4, 0.5) is 37.1 Å². The third kappa shape index (κ3) is 8.49. The molecule has 2 aliphatic rings. The van der Waals surface area contributed by atoms with Crippen molar-refractivity contribution in [1.82, 2.24) is 24.6 Å². The lowest BCUT2D eigenvalue weighted by molar-refractivity contribution is -0.144. The summed E-state index contributed by atoms with van der Waals surface area (Å²) in [4.78, 5) is 37.6. The summed E-state index contributed by atoms with van der Waals surface area (Å²) < 4.78 is 95.0. The van der Waals surface area contributed by atoms with Crippen LogP contribution < -0.4 is 4.90 Å². The SMILES string of the molecule is CC[C@@H]1CC(N(Cc2cc(C(F)(F)F)cc(C(F)(F)F)c2)c2ncc(-c3cnn(C)c3)cn2)C[C@H](CC)N1C(=O)OC1CC(CC(=O)OC)C1. The maximum absolute atomic E-state index is 13.8. The summed E-state index contributed by atoms with van der Waals surface area (Å²) in [5.74, 6) is -0.124. The monoisotopic (exact) mass is 710 g/mol. The van der Waals surface area contributed by atoms with Crippen molar-refractivity contribution in [2.24, 2.45) is 13.0 Å². The minimum Gasteiger partial charge on any atom is -0.469 e. The van der Waals surface area contributed by atoms with Crippen LogP contribution in [0.2, 0.25) is 0 Å². The first-order valence-electron chi connectivity index (χ1n) is 16.5. The van der Waals surface area contributed by atoms with Crippen LogP contribution in [0.1, 0.15) is 75.5 Å². The van der Waals surface area contributed by atoms with Crippen molar-refractivity contribution in [3.8, 4) is 11.1 Å². The molecule has 1 aromatic carbocycles. The van der Waals surface area contributed by atoms with E-state index in [0.717, 1.165) is 17.7 Å². The largest absolute Gasteiger partial charge is 0.469 e. The van der Waals surface area contributed by atoms with Crippen LogP contribution in [0.5, 0.6) is 0 Å². The van der Waals surface area contributed by atoms with E-state index < -0.39 is 35.6 Å². The van der Waals surface area contributed by atoms with E-state index in [2.05, 4.69) is 15.1 Å². The molecule has 1 aliphatic carbocycles. The number of hydrogen-bond acceptors (Lipinski definition) is 8. The van der Waals surface area contributed by atoms with Gasteiger partial charge in [-0.3, -0.25) is 9.48 Å². The number of methoxy groups -OCH3 is 1. The normalized spacial score (nSPS) is 22.5. The van der Waals surface area contributed by atoms with E-state index in [-0.39, 0.29) is 60.6 Å². The maximum atomic E-state index is 13.8. The number of nitrogens with zero attached hydrogens (tertiary/aromatic N) is 6. The number of amides is 1. The number of anilines is 1. The highest BCUT2D eigenvalue weighted by Gasteiger charge is 2.43. The van der Waals surface area contributed by atoms with Crippen molar-refractivity contribution in [3.63, 3.8) is 0 Å². The van der Waals surface area contributed by atoms with Gasteiger partial charge in [-0.25, -0.2) is 14.8 Å². The molecule has 50 heavy (non-hydrogen) atoms. The minimum atomic E-state index is -5.01. The zero-order valence-electron chi connectivity index (χ0n) is 28.2. The molecule has 0 bridgehead atoms. The van der Waals surface area contributed by atoms with Gasteiger partial charge in [0.05, 0.1) is 24.4 Å². The number of hydrogen-bond donors (Lipinski definition) is 0. The molecule has 1 saturated carbocycles. The lowest BCUT2D eigenvalue weighted by Crippen LogP contribution is -2.57. The third-order valence-corrected chi connectivity index (χ3v) is 9.55. The number of rotatable bonds is 10. The topological polar surface area (TPSA) is 103 Å². The zero-order chi connectivity index (χ0) is 36.4. The molecule has 0 spiro atoms. The van der Waals surface area contributed by atoms with Gasteiger partial charge in [0.25, 0.3) is 0 Å². The van der Waals surface area contributed by atoms with Crippen molar-refractivity contribution in [2.75, 3.05) is 12.0 Å². The summed E-state index contributed by atoms with van der Waals surface area (Å²) in [6, 6.07) is 0.411. The first kappa shape index (κ1) is 36.9.